The number of hydrogen-bond acceptors (Lipinski definition) is 7. The number of rotatable bonds is 7. The van der Waals surface area contributed by atoms with Crippen LogP contribution in [0.15, 0.2) is 79.3 Å². The fourth-order valence-electron chi connectivity index (χ4n) is 4.28. The molecule has 1 aliphatic heterocycles. The van der Waals surface area contributed by atoms with Crippen molar-refractivity contribution in [2.45, 2.75) is 13.5 Å². The van der Waals surface area contributed by atoms with Gasteiger partial charge in [0.15, 0.2) is 0 Å². The van der Waals surface area contributed by atoms with Crippen LogP contribution in [0.2, 0.25) is 0 Å². The lowest BCUT2D eigenvalue weighted by Crippen LogP contribution is -2.43. The molecule has 0 unspecified atom stereocenters. The summed E-state index contributed by atoms with van der Waals surface area (Å²) in [5.41, 5.74) is 6.08. The number of amides is 1. The molecule has 1 aliphatic rings. The summed E-state index contributed by atoms with van der Waals surface area (Å²) in [5, 5.41) is 6.29. The number of benzene rings is 2. The van der Waals surface area contributed by atoms with Crippen LogP contribution in [-0.4, -0.2) is 69.4 Å². The van der Waals surface area contributed by atoms with Gasteiger partial charge in [0, 0.05) is 73.8 Å². The molecule has 196 valence electrons. The Balaban J connectivity index is 0.00000336. The van der Waals surface area contributed by atoms with Crippen LogP contribution < -0.4 is 10.6 Å². The summed E-state index contributed by atoms with van der Waals surface area (Å²) >= 11 is 0. The Labute approximate surface area is 222 Å². The van der Waals surface area contributed by atoms with Gasteiger partial charge in [-0.2, -0.15) is 0 Å². The van der Waals surface area contributed by atoms with Crippen molar-refractivity contribution < 1.29 is 10.3 Å². The molecule has 1 saturated heterocycles. The van der Waals surface area contributed by atoms with Crippen molar-refractivity contribution in [2.24, 2.45) is 0 Å². The van der Waals surface area contributed by atoms with Gasteiger partial charge in [0.05, 0.1) is 5.69 Å². The molecule has 0 aliphatic carbocycles. The minimum absolute atomic E-state index is 0. The maximum absolute atomic E-state index is 12.9. The van der Waals surface area contributed by atoms with Crippen molar-refractivity contribution >= 4 is 23.2 Å². The summed E-state index contributed by atoms with van der Waals surface area (Å²) in [6, 6.07) is 19.3. The van der Waals surface area contributed by atoms with E-state index in [1.807, 2.05) is 67.6 Å². The van der Waals surface area contributed by atoms with E-state index in [0.717, 1.165) is 55.2 Å². The number of pyridine rings is 1. The average molecular weight is 512 g/mol. The fourth-order valence-corrected chi connectivity index (χ4v) is 4.28. The molecule has 9 heteroatoms. The number of piperazine rings is 1. The topological polar surface area (TPSA) is 118 Å². The van der Waals surface area contributed by atoms with E-state index in [-0.39, 0.29) is 11.4 Å². The standard InChI is InChI=1S/C29H31N7O.H2O/c1-21-5-10-25(18-27(21)34-29-31-13-11-26(33-29)24-4-3-12-30-19-24)32-28(37)23-8-6-22(7-9-23)20-36-16-14-35(2)15-17-36;/h3-13,18-19H,14-17,20H2,1-2H3,(H,32,37)(H,31,33,34);1H2. The first-order valence-corrected chi connectivity index (χ1v) is 12.5. The Morgan fingerprint density at radius 1 is 0.974 bits per heavy atom. The summed E-state index contributed by atoms with van der Waals surface area (Å²) < 4.78 is 0. The molecule has 4 aromatic rings. The lowest BCUT2D eigenvalue weighted by molar-refractivity contribution is 0.102. The summed E-state index contributed by atoms with van der Waals surface area (Å²) in [4.78, 5) is 30.9. The highest BCUT2D eigenvalue weighted by atomic mass is 16.1. The van der Waals surface area contributed by atoms with E-state index in [1.54, 1.807) is 18.6 Å². The zero-order valence-corrected chi connectivity index (χ0v) is 21.7. The van der Waals surface area contributed by atoms with Crippen LogP contribution in [0, 0.1) is 6.92 Å². The van der Waals surface area contributed by atoms with Gasteiger partial charge in [0.25, 0.3) is 5.91 Å². The summed E-state index contributed by atoms with van der Waals surface area (Å²) in [5.74, 6) is 0.333. The number of anilines is 3. The quantitative estimate of drug-likeness (QED) is 0.388. The van der Waals surface area contributed by atoms with Crippen molar-refractivity contribution in [3.8, 4) is 11.3 Å². The van der Waals surface area contributed by atoms with Crippen LogP contribution >= 0.6 is 0 Å². The highest BCUT2D eigenvalue weighted by Gasteiger charge is 2.14. The Bertz CT molecular complexity index is 1360. The number of nitrogens with one attached hydrogen (secondary N) is 2. The second-order valence-electron chi connectivity index (χ2n) is 9.39. The Morgan fingerprint density at radius 2 is 1.76 bits per heavy atom. The van der Waals surface area contributed by atoms with Crippen LogP contribution in [0.5, 0.6) is 0 Å². The van der Waals surface area contributed by atoms with E-state index in [1.165, 1.54) is 5.56 Å². The molecule has 5 rings (SSSR count). The molecule has 0 saturated carbocycles. The summed E-state index contributed by atoms with van der Waals surface area (Å²) in [6.07, 6.45) is 5.22. The number of hydrogen-bond donors (Lipinski definition) is 2. The number of aromatic nitrogens is 3. The predicted molar refractivity (Wildman–Crippen MR) is 151 cm³/mol. The number of aryl methyl sites for hydroxylation is 1. The number of carbonyl (C=O) groups excluding carboxylic acids is 1. The van der Waals surface area contributed by atoms with Gasteiger partial charge in [0.2, 0.25) is 5.95 Å². The van der Waals surface area contributed by atoms with Crippen molar-refractivity contribution in [3.05, 3.63) is 95.9 Å². The Morgan fingerprint density at radius 3 is 2.50 bits per heavy atom. The van der Waals surface area contributed by atoms with Gasteiger partial charge < -0.3 is 21.0 Å². The second kappa shape index (κ2) is 12.4. The second-order valence-corrected chi connectivity index (χ2v) is 9.39. The molecule has 38 heavy (non-hydrogen) atoms. The van der Waals surface area contributed by atoms with E-state index in [9.17, 15) is 4.79 Å². The molecule has 4 N–H and O–H groups in total. The minimum atomic E-state index is -0.143. The third-order valence-corrected chi connectivity index (χ3v) is 6.57. The molecule has 0 spiro atoms. The van der Waals surface area contributed by atoms with E-state index < -0.39 is 0 Å². The molecule has 2 aromatic carbocycles. The van der Waals surface area contributed by atoms with Crippen LogP contribution in [0.3, 0.4) is 0 Å². The lowest BCUT2D eigenvalue weighted by atomic mass is 10.1. The molecule has 0 bridgehead atoms. The smallest absolute Gasteiger partial charge is 0.255 e. The molecule has 1 fully saturated rings. The molecule has 3 heterocycles. The van der Waals surface area contributed by atoms with Gasteiger partial charge in [-0.3, -0.25) is 14.7 Å². The molecule has 2 aromatic heterocycles. The average Bonchev–Trinajstić information content (AvgIpc) is 2.93. The van der Waals surface area contributed by atoms with E-state index >= 15 is 0 Å². The predicted octanol–water partition coefficient (Wildman–Crippen LogP) is 3.77. The highest BCUT2D eigenvalue weighted by molar-refractivity contribution is 6.04. The summed E-state index contributed by atoms with van der Waals surface area (Å²) in [6.45, 7) is 7.24. The van der Waals surface area contributed by atoms with Crippen molar-refractivity contribution in [2.75, 3.05) is 43.9 Å². The molecule has 0 atom stereocenters. The van der Waals surface area contributed by atoms with Gasteiger partial charge in [-0.1, -0.05) is 18.2 Å². The van der Waals surface area contributed by atoms with Crippen LogP contribution in [-0.2, 0) is 6.54 Å². The van der Waals surface area contributed by atoms with Gasteiger partial charge in [-0.15, -0.1) is 0 Å². The first kappa shape index (κ1) is 26.9. The van der Waals surface area contributed by atoms with Gasteiger partial charge in [-0.05, 0) is 67.6 Å². The van der Waals surface area contributed by atoms with Gasteiger partial charge >= 0.3 is 0 Å². The third kappa shape index (κ3) is 6.77. The van der Waals surface area contributed by atoms with Gasteiger partial charge in [0.1, 0.15) is 0 Å². The lowest BCUT2D eigenvalue weighted by Gasteiger charge is -2.32. The fraction of sp³-hybridized carbons (Fsp3) is 0.241. The van der Waals surface area contributed by atoms with Crippen molar-refractivity contribution in [1.29, 1.82) is 0 Å². The summed E-state index contributed by atoms with van der Waals surface area (Å²) in [7, 11) is 2.16. The molecular formula is C29H33N7O2. The zero-order valence-electron chi connectivity index (χ0n) is 21.7. The molecule has 9 nitrogen and oxygen atoms in total. The Hall–Kier alpha value is -4.18. The van der Waals surface area contributed by atoms with Crippen molar-refractivity contribution in [3.63, 3.8) is 0 Å². The first-order chi connectivity index (χ1) is 18.0. The van der Waals surface area contributed by atoms with E-state index in [0.29, 0.717) is 17.2 Å². The maximum atomic E-state index is 12.9. The van der Waals surface area contributed by atoms with Crippen LogP contribution in [0.4, 0.5) is 17.3 Å². The Kier molecular flexibility index (Phi) is 8.75. The van der Waals surface area contributed by atoms with Gasteiger partial charge in [-0.25, -0.2) is 9.97 Å². The number of likely N-dealkylation sites (N-methyl/N-ethyl adjacent to an activating group) is 1. The normalized spacial score (nSPS) is 13.9. The number of carbonyl (C=O) groups is 1. The first-order valence-electron chi connectivity index (χ1n) is 12.5. The zero-order chi connectivity index (χ0) is 25.6. The molecule has 1 amide bonds. The van der Waals surface area contributed by atoms with E-state index in [4.69, 9.17) is 0 Å². The maximum Gasteiger partial charge on any atom is 0.255 e. The van der Waals surface area contributed by atoms with E-state index in [2.05, 4.69) is 42.4 Å². The number of nitrogens with zero attached hydrogens (tertiary/aromatic N) is 5. The third-order valence-electron chi connectivity index (χ3n) is 6.57. The minimum Gasteiger partial charge on any atom is -0.412 e. The van der Waals surface area contributed by atoms with Crippen LogP contribution in [0.1, 0.15) is 21.5 Å². The molecular weight excluding hydrogens is 478 g/mol. The monoisotopic (exact) mass is 511 g/mol. The SMILES string of the molecule is Cc1ccc(NC(=O)c2ccc(CN3CCN(C)CC3)cc2)cc1Nc1nccc(-c2cccnc2)n1.O. The highest BCUT2D eigenvalue weighted by Crippen LogP contribution is 2.24. The molecule has 0 radical (unpaired) electrons. The van der Waals surface area contributed by atoms with Crippen LogP contribution in [0.25, 0.3) is 11.3 Å². The van der Waals surface area contributed by atoms with Crippen molar-refractivity contribution in [1.82, 2.24) is 24.8 Å². The largest absolute Gasteiger partial charge is 0.412 e.